The van der Waals surface area contributed by atoms with Gasteiger partial charge in [0.15, 0.2) is 0 Å². The third-order valence-electron chi connectivity index (χ3n) is 5.21. The highest BCUT2D eigenvalue weighted by atomic mass is 28.3. The van der Waals surface area contributed by atoms with Gasteiger partial charge in [-0.2, -0.15) is 0 Å². The van der Waals surface area contributed by atoms with E-state index in [4.69, 9.17) is 4.74 Å². The Morgan fingerprint density at radius 3 is 1.85 bits per heavy atom. The van der Waals surface area contributed by atoms with Gasteiger partial charge in [-0.3, -0.25) is 4.79 Å². The predicted octanol–water partition coefficient (Wildman–Crippen LogP) is 5.83. The molecule has 0 bridgehead atoms. The third kappa shape index (κ3) is 5.17. The highest BCUT2D eigenvalue weighted by molar-refractivity contribution is 6.90. The molecule has 0 saturated heterocycles. The molecule has 0 radical (unpaired) electrons. The third-order valence-corrected chi connectivity index (χ3v) is 11.5. The van der Waals surface area contributed by atoms with Crippen molar-refractivity contribution in [3.05, 3.63) is 35.4 Å². The number of carbonyl (C=O) groups excluding carboxylic acids is 1. The Labute approximate surface area is 157 Å². The number of methoxy groups -OCH3 is 1. The predicted molar refractivity (Wildman–Crippen MR) is 105 cm³/mol. The molecule has 0 amide bonds. The van der Waals surface area contributed by atoms with Gasteiger partial charge in [0, 0.05) is 6.07 Å². The smallest absolute Gasteiger partial charge is 0.307 e. The largest absolute Gasteiger partial charge is 0.469 e. The molecule has 0 aliphatic carbocycles. The Kier molecular flexibility index (Phi) is 8.02. The summed E-state index contributed by atoms with van der Waals surface area (Å²) in [5.74, 6) is 0.847. The molecule has 1 rings (SSSR count). The Hall–Kier alpha value is -1.67. The van der Waals surface area contributed by atoms with Crippen LogP contribution in [-0.4, -0.2) is 21.2 Å². The molecule has 0 fully saturated rings. The summed E-state index contributed by atoms with van der Waals surface area (Å²) in [6.07, 6.45) is -0.0227. The van der Waals surface area contributed by atoms with Crippen molar-refractivity contribution >= 4 is 14.0 Å². The van der Waals surface area contributed by atoms with Gasteiger partial charge in [0.05, 0.1) is 19.4 Å². The van der Waals surface area contributed by atoms with Crippen LogP contribution in [0.25, 0.3) is 0 Å². The van der Waals surface area contributed by atoms with Crippen LogP contribution in [0.4, 0.5) is 8.78 Å². The van der Waals surface area contributed by atoms with Crippen molar-refractivity contribution in [1.29, 1.82) is 0 Å². The monoisotopic (exact) mass is 380 g/mol. The van der Waals surface area contributed by atoms with Crippen molar-refractivity contribution in [3.8, 4) is 11.5 Å². The minimum atomic E-state index is -2.01. The lowest BCUT2D eigenvalue weighted by atomic mass is 9.96. The fourth-order valence-electron chi connectivity index (χ4n) is 3.92. The first-order chi connectivity index (χ1) is 12.0. The fraction of sp³-hybridized carbons (Fsp3) is 0.571. The van der Waals surface area contributed by atoms with E-state index < -0.39 is 31.6 Å². The van der Waals surface area contributed by atoms with E-state index in [9.17, 15) is 13.6 Å². The number of rotatable bonds is 6. The summed E-state index contributed by atoms with van der Waals surface area (Å²) in [5.41, 5.74) is 5.20. The summed E-state index contributed by atoms with van der Waals surface area (Å²) in [4.78, 5) is 11.8. The van der Waals surface area contributed by atoms with Crippen LogP contribution in [0.15, 0.2) is 18.2 Å². The molecule has 1 aromatic rings. The van der Waals surface area contributed by atoms with E-state index in [0.717, 1.165) is 6.07 Å². The average Bonchev–Trinajstić information content (AvgIpc) is 2.51. The van der Waals surface area contributed by atoms with E-state index in [1.807, 2.05) is 0 Å². The molecule has 144 valence electrons. The summed E-state index contributed by atoms with van der Waals surface area (Å²) < 4.78 is 32.1. The van der Waals surface area contributed by atoms with E-state index in [2.05, 4.69) is 53.0 Å². The number of benzene rings is 1. The van der Waals surface area contributed by atoms with Crippen LogP contribution >= 0.6 is 0 Å². The lowest BCUT2D eigenvalue weighted by Gasteiger charge is -2.38. The summed E-state index contributed by atoms with van der Waals surface area (Å²) in [7, 11) is -0.712. The minimum absolute atomic E-state index is 0.0227. The Bertz CT molecular complexity index is 645. The topological polar surface area (TPSA) is 26.3 Å². The van der Waals surface area contributed by atoms with Crippen molar-refractivity contribution < 1.29 is 18.3 Å². The van der Waals surface area contributed by atoms with Gasteiger partial charge in [0.1, 0.15) is 19.7 Å². The molecule has 0 aliphatic rings. The molecule has 0 aromatic heterocycles. The lowest BCUT2D eigenvalue weighted by molar-refractivity contribution is -0.140. The van der Waals surface area contributed by atoms with E-state index >= 15 is 0 Å². The number of esters is 1. The summed E-state index contributed by atoms with van der Waals surface area (Å²) >= 11 is 0. The molecule has 1 atom stereocenters. The number of hydrogen-bond acceptors (Lipinski definition) is 2. The Morgan fingerprint density at radius 2 is 1.46 bits per heavy atom. The first-order valence-corrected chi connectivity index (χ1v) is 11.3. The number of halogens is 2. The Balaban J connectivity index is 3.45. The van der Waals surface area contributed by atoms with Gasteiger partial charge >= 0.3 is 5.97 Å². The SMILES string of the molecule is COC(=O)C[C@@H](C#C[Si](C(C)C)(C(C)C)C(C)C)c1cc(F)cc(F)c1. The van der Waals surface area contributed by atoms with Gasteiger partial charge in [-0.25, -0.2) is 8.78 Å². The average molecular weight is 381 g/mol. The minimum Gasteiger partial charge on any atom is -0.469 e. The molecule has 0 saturated carbocycles. The highest BCUT2D eigenvalue weighted by Gasteiger charge is 2.41. The molecule has 2 nitrogen and oxygen atoms in total. The maximum atomic E-state index is 13.7. The van der Waals surface area contributed by atoms with Crippen LogP contribution in [0.3, 0.4) is 0 Å². The van der Waals surface area contributed by atoms with Crippen LogP contribution in [-0.2, 0) is 9.53 Å². The summed E-state index contributed by atoms with van der Waals surface area (Å²) in [6.45, 7) is 13.2. The Morgan fingerprint density at radius 1 is 1.00 bits per heavy atom. The van der Waals surface area contributed by atoms with Crippen molar-refractivity contribution in [3.63, 3.8) is 0 Å². The summed E-state index contributed by atoms with van der Waals surface area (Å²) in [6, 6.07) is 3.31. The van der Waals surface area contributed by atoms with Crippen LogP contribution in [0.1, 0.15) is 59.4 Å². The molecule has 0 spiro atoms. The number of ether oxygens (including phenoxy) is 1. The van der Waals surface area contributed by atoms with E-state index in [1.54, 1.807) is 0 Å². The second-order valence-electron chi connectivity index (χ2n) is 7.70. The van der Waals surface area contributed by atoms with Gasteiger partial charge in [0.2, 0.25) is 0 Å². The standard InChI is InChI=1S/C21H30F2O2Si/c1-14(2)26(15(3)4,16(5)6)9-8-17(12-21(24)25-7)18-10-19(22)13-20(23)11-18/h10-11,13-17H,12H2,1-7H3/t17-/m1/s1. The molecule has 1 aromatic carbocycles. The van der Waals surface area contributed by atoms with Gasteiger partial charge in [-0.1, -0.05) is 41.5 Å². The molecule has 0 N–H and O–H groups in total. The van der Waals surface area contributed by atoms with Crippen LogP contribution < -0.4 is 0 Å². The fourth-order valence-corrected chi connectivity index (χ4v) is 9.21. The van der Waals surface area contributed by atoms with Crippen molar-refractivity contribution in [2.24, 2.45) is 0 Å². The quantitative estimate of drug-likeness (QED) is 0.352. The van der Waals surface area contributed by atoms with Gasteiger partial charge in [-0.05, 0) is 34.3 Å². The van der Waals surface area contributed by atoms with Crippen LogP contribution in [0.5, 0.6) is 0 Å². The second kappa shape index (κ2) is 9.32. The molecular formula is C21H30F2O2Si. The zero-order chi connectivity index (χ0) is 20.1. The van der Waals surface area contributed by atoms with Crippen molar-refractivity contribution in [2.45, 2.75) is 70.5 Å². The second-order valence-corrected chi connectivity index (χ2v) is 13.3. The first kappa shape index (κ1) is 22.4. The van der Waals surface area contributed by atoms with Crippen LogP contribution in [0, 0.1) is 23.1 Å². The number of carbonyl (C=O) groups is 1. The van der Waals surface area contributed by atoms with Gasteiger partial charge in [-0.15, -0.1) is 11.5 Å². The molecular weight excluding hydrogens is 350 g/mol. The zero-order valence-corrected chi connectivity index (χ0v) is 17.8. The van der Waals surface area contributed by atoms with E-state index in [1.165, 1.54) is 19.2 Å². The number of hydrogen-bond donors (Lipinski definition) is 0. The molecule has 0 heterocycles. The maximum Gasteiger partial charge on any atom is 0.307 e. The maximum absolute atomic E-state index is 13.7. The van der Waals surface area contributed by atoms with E-state index in [0.29, 0.717) is 22.2 Å². The first-order valence-electron chi connectivity index (χ1n) is 9.10. The van der Waals surface area contributed by atoms with E-state index in [-0.39, 0.29) is 6.42 Å². The molecule has 0 unspecified atom stereocenters. The molecule has 26 heavy (non-hydrogen) atoms. The molecule has 5 heteroatoms. The highest BCUT2D eigenvalue weighted by Crippen LogP contribution is 2.41. The normalized spacial score (nSPS) is 12.9. The van der Waals surface area contributed by atoms with Crippen molar-refractivity contribution in [2.75, 3.05) is 7.11 Å². The molecule has 0 aliphatic heterocycles. The van der Waals surface area contributed by atoms with Crippen molar-refractivity contribution in [1.82, 2.24) is 0 Å². The summed E-state index contributed by atoms with van der Waals surface area (Å²) in [5, 5.41) is 0. The van der Waals surface area contributed by atoms with Gasteiger partial charge in [0.25, 0.3) is 0 Å². The zero-order valence-electron chi connectivity index (χ0n) is 16.8. The van der Waals surface area contributed by atoms with Gasteiger partial charge < -0.3 is 4.74 Å². The van der Waals surface area contributed by atoms with Crippen LogP contribution in [0.2, 0.25) is 16.6 Å². The lowest BCUT2D eigenvalue weighted by Crippen LogP contribution is -2.43.